The molecular weight excluding hydrogens is 184 g/mol. The second-order valence-corrected chi connectivity index (χ2v) is 2.88. The highest BCUT2D eigenvalue weighted by Gasteiger charge is 2.17. The van der Waals surface area contributed by atoms with Crippen molar-refractivity contribution in [3.63, 3.8) is 0 Å². The van der Waals surface area contributed by atoms with Gasteiger partial charge in [0.05, 0.1) is 0 Å². The van der Waals surface area contributed by atoms with Crippen molar-refractivity contribution in [3.8, 4) is 0 Å². The van der Waals surface area contributed by atoms with E-state index >= 15 is 0 Å². The molecule has 0 spiro atoms. The van der Waals surface area contributed by atoms with E-state index in [1.165, 1.54) is 6.08 Å². The molecule has 0 aliphatic carbocycles. The van der Waals surface area contributed by atoms with Gasteiger partial charge in [0, 0.05) is 0 Å². The van der Waals surface area contributed by atoms with Crippen molar-refractivity contribution in [1.82, 2.24) is 0 Å². The largest absolute Gasteiger partial charge is 0.477 e. The molecule has 0 saturated heterocycles. The zero-order chi connectivity index (χ0) is 11.1. The lowest BCUT2D eigenvalue weighted by Gasteiger charge is -2.06. The minimum atomic E-state index is -1.40. The average Bonchev–Trinajstić information content (AvgIpc) is 2.10. The Labute approximate surface area is 82.6 Å². The second kappa shape index (κ2) is 5.96. The second-order valence-electron chi connectivity index (χ2n) is 2.88. The minimum absolute atomic E-state index is 0.0744. The Morgan fingerprint density at radius 2 is 1.86 bits per heavy atom. The van der Waals surface area contributed by atoms with Crippen molar-refractivity contribution in [2.75, 3.05) is 0 Å². The first kappa shape index (κ1) is 12.4. The highest BCUT2D eigenvalue weighted by Crippen LogP contribution is 2.13. The Hall–Kier alpha value is -1.58. The van der Waals surface area contributed by atoms with Crippen molar-refractivity contribution >= 4 is 11.9 Å². The normalized spacial score (nSPS) is 11.5. The Morgan fingerprint density at radius 1 is 1.36 bits per heavy atom. The van der Waals surface area contributed by atoms with Crippen LogP contribution < -0.4 is 0 Å². The Kier molecular flexibility index (Phi) is 5.29. The first-order chi connectivity index (χ1) is 6.52. The van der Waals surface area contributed by atoms with E-state index in [1.54, 1.807) is 6.08 Å². The molecular formula is C10H14O4. The number of hydrogen-bond acceptors (Lipinski definition) is 2. The van der Waals surface area contributed by atoms with Crippen LogP contribution in [0.2, 0.25) is 0 Å². The summed E-state index contributed by atoms with van der Waals surface area (Å²) >= 11 is 0. The van der Waals surface area contributed by atoms with Gasteiger partial charge in [-0.2, -0.15) is 0 Å². The first-order valence-electron chi connectivity index (χ1n) is 4.32. The van der Waals surface area contributed by atoms with Crippen LogP contribution in [0.5, 0.6) is 0 Å². The van der Waals surface area contributed by atoms with Crippen LogP contribution in [-0.4, -0.2) is 22.2 Å². The summed E-state index contributed by atoms with van der Waals surface area (Å²) in [6.45, 7) is 5.39. The molecule has 4 nitrogen and oxygen atoms in total. The molecule has 0 rings (SSSR count). The van der Waals surface area contributed by atoms with Crippen LogP contribution in [0.4, 0.5) is 0 Å². The molecule has 0 aliphatic heterocycles. The maximum atomic E-state index is 10.5. The quantitative estimate of drug-likeness (QED) is 0.295. The molecule has 2 N–H and O–H groups in total. The number of rotatable bonds is 6. The standard InChI is InChI=1S/C10H14O4/c1-3-5-7(4-2)6-8(9(11)12)10(13)14/h3,6-7H,1,4-5H2,2H3,(H,11,12)(H,13,14). The topological polar surface area (TPSA) is 74.6 Å². The average molecular weight is 198 g/mol. The van der Waals surface area contributed by atoms with E-state index < -0.39 is 17.5 Å². The van der Waals surface area contributed by atoms with E-state index in [0.29, 0.717) is 12.8 Å². The Bertz CT molecular complexity index is 249. The summed E-state index contributed by atoms with van der Waals surface area (Å²) in [6, 6.07) is 0. The zero-order valence-corrected chi connectivity index (χ0v) is 8.06. The molecule has 1 atom stereocenters. The number of hydrogen-bond donors (Lipinski definition) is 2. The summed E-state index contributed by atoms with van der Waals surface area (Å²) < 4.78 is 0. The van der Waals surface area contributed by atoms with E-state index in [4.69, 9.17) is 10.2 Å². The molecule has 0 aromatic rings. The molecule has 0 aromatic carbocycles. The highest BCUT2D eigenvalue weighted by atomic mass is 16.4. The fourth-order valence-corrected chi connectivity index (χ4v) is 1.04. The molecule has 1 unspecified atom stereocenters. The maximum absolute atomic E-state index is 10.5. The van der Waals surface area contributed by atoms with Gasteiger partial charge in [0.15, 0.2) is 0 Å². The lowest BCUT2D eigenvalue weighted by molar-refractivity contribution is -0.140. The van der Waals surface area contributed by atoms with Crippen molar-refractivity contribution in [2.24, 2.45) is 5.92 Å². The molecule has 0 aromatic heterocycles. The minimum Gasteiger partial charge on any atom is -0.477 e. The van der Waals surface area contributed by atoms with Crippen LogP contribution in [0, 0.1) is 5.92 Å². The van der Waals surface area contributed by atoms with Crippen LogP contribution >= 0.6 is 0 Å². The number of carboxylic acids is 2. The van der Waals surface area contributed by atoms with Gasteiger partial charge in [-0.1, -0.05) is 19.1 Å². The number of carboxylic acid groups (broad SMARTS) is 2. The summed E-state index contributed by atoms with van der Waals surface area (Å²) in [7, 11) is 0. The van der Waals surface area contributed by atoms with E-state index in [1.807, 2.05) is 6.92 Å². The molecule has 78 valence electrons. The van der Waals surface area contributed by atoms with Gasteiger partial charge >= 0.3 is 11.9 Å². The molecule has 4 heteroatoms. The monoisotopic (exact) mass is 198 g/mol. The molecule has 0 amide bonds. The van der Waals surface area contributed by atoms with Crippen LogP contribution in [0.25, 0.3) is 0 Å². The fraction of sp³-hybridized carbons (Fsp3) is 0.400. The van der Waals surface area contributed by atoms with E-state index in [9.17, 15) is 9.59 Å². The lowest BCUT2D eigenvalue weighted by Crippen LogP contribution is -2.13. The summed E-state index contributed by atoms with van der Waals surface area (Å²) in [5, 5.41) is 17.2. The van der Waals surface area contributed by atoms with Crippen LogP contribution in [0.3, 0.4) is 0 Å². The third kappa shape index (κ3) is 3.89. The molecule has 0 bridgehead atoms. The first-order valence-corrected chi connectivity index (χ1v) is 4.32. The Morgan fingerprint density at radius 3 is 2.14 bits per heavy atom. The zero-order valence-electron chi connectivity index (χ0n) is 8.06. The Balaban J connectivity index is 4.77. The van der Waals surface area contributed by atoms with Crippen molar-refractivity contribution < 1.29 is 19.8 Å². The fourth-order valence-electron chi connectivity index (χ4n) is 1.04. The van der Waals surface area contributed by atoms with Crippen molar-refractivity contribution in [3.05, 3.63) is 24.3 Å². The lowest BCUT2D eigenvalue weighted by atomic mass is 9.99. The van der Waals surface area contributed by atoms with Gasteiger partial charge in [-0.25, -0.2) is 9.59 Å². The van der Waals surface area contributed by atoms with E-state index in [-0.39, 0.29) is 5.92 Å². The number of allylic oxidation sites excluding steroid dienone is 2. The molecule has 0 heterocycles. The molecule has 0 fully saturated rings. The summed E-state index contributed by atoms with van der Waals surface area (Å²) in [4.78, 5) is 21.0. The van der Waals surface area contributed by atoms with Gasteiger partial charge < -0.3 is 10.2 Å². The third-order valence-corrected chi connectivity index (χ3v) is 1.86. The van der Waals surface area contributed by atoms with Crippen LogP contribution in [-0.2, 0) is 9.59 Å². The summed E-state index contributed by atoms with van der Waals surface area (Å²) in [5.74, 6) is -2.88. The highest BCUT2D eigenvalue weighted by molar-refractivity contribution is 6.12. The van der Waals surface area contributed by atoms with Gasteiger partial charge in [0.1, 0.15) is 5.57 Å². The van der Waals surface area contributed by atoms with Gasteiger partial charge in [0.25, 0.3) is 0 Å². The number of carbonyl (C=O) groups is 2. The van der Waals surface area contributed by atoms with Gasteiger partial charge in [-0.15, -0.1) is 6.58 Å². The predicted octanol–water partition coefficient (Wildman–Crippen LogP) is 1.68. The van der Waals surface area contributed by atoms with Crippen LogP contribution in [0.1, 0.15) is 19.8 Å². The molecule has 0 saturated carbocycles. The molecule has 0 aliphatic rings. The predicted molar refractivity (Wildman–Crippen MR) is 51.9 cm³/mol. The van der Waals surface area contributed by atoms with Gasteiger partial charge in [0.2, 0.25) is 0 Å². The van der Waals surface area contributed by atoms with E-state index in [0.717, 1.165) is 0 Å². The summed E-state index contributed by atoms with van der Waals surface area (Å²) in [5.41, 5.74) is -0.571. The van der Waals surface area contributed by atoms with Gasteiger partial charge in [-0.3, -0.25) is 0 Å². The molecule has 14 heavy (non-hydrogen) atoms. The number of aliphatic carboxylic acids is 2. The van der Waals surface area contributed by atoms with Crippen LogP contribution in [0.15, 0.2) is 24.3 Å². The van der Waals surface area contributed by atoms with Crippen molar-refractivity contribution in [1.29, 1.82) is 0 Å². The molecule has 0 radical (unpaired) electrons. The summed E-state index contributed by atoms with van der Waals surface area (Å²) in [6.07, 6.45) is 4.19. The third-order valence-electron chi connectivity index (χ3n) is 1.86. The SMILES string of the molecule is C=CCC(C=C(C(=O)O)C(=O)O)CC. The van der Waals surface area contributed by atoms with Gasteiger partial charge in [-0.05, 0) is 18.8 Å². The maximum Gasteiger partial charge on any atom is 0.342 e. The van der Waals surface area contributed by atoms with Crippen molar-refractivity contribution in [2.45, 2.75) is 19.8 Å². The van der Waals surface area contributed by atoms with E-state index in [2.05, 4.69) is 6.58 Å². The smallest absolute Gasteiger partial charge is 0.342 e.